The molecule has 3 aromatic rings. The maximum Gasteiger partial charge on any atom is 0.260 e. The molecule has 1 amide bonds. The predicted molar refractivity (Wildman–Crippen MR) is 140 cm³/mol. The van der Waals surface area contributed by atoms with Crippen LogP contribution in [0.3, 0.4) is 0 Å². The Morgan fingerprint density at radius 3 is 2.50 bits per heavy atom. The van der Waals surface area contributed by atoms with Crippen molar-refractivity contribution in [1.82, 2.24) is 5.32 Å². The van der Waals surface area contributed by atoms with Gasteiger partial charge in [0.25, 0.3) is 5.91 Å². The smallest absolute Gasteiger partial charge is 0.260 e. The van der Waals surface area contributed by atoms with Crippen LogP contribution in [0.15, 0.2) is 71.6 Å². The molecule has 176 valence electrons. The summed E-state index contributed by atoms with van der Waals surface area (Å²) in [4.78, 5) is 13.2. The highest BCUT2D eigenvalue weighted by Gasteiger charge is 2.27. The molecule has 5 nitrogen and oxygen atoms in total. The van der Waals surface area contributed by atoms with Gasteiger partial charge in [-0.15, -0.1) is 0 Å². The molecule has 2 N–H and O–H groups in total. The number of aryl methyl sites for hydroxylation is 1. The molecule has 1 aliphatic heterocycles. The van der Waals surface area contributed by atoms with Crippen LogP contribution in [-0.2, 0) is 17.8 Å². The zero-order chi connectivity index (χ0) is 23.9. The van der Waals surface area contributed by atoms with Gasteiger partial charge in [-0.05, 0) is 60.4 Å². The van der Waals surface area contributed by atoms with Crippen molar-refractivity contribution in [2.75, 3.05) is 11.9 Å². The molecule has 1 atom stereocenters. The van der Waals surface area contributed by atoms with Crippen molar-refractivity contribution in [2.45, 2.75) is 32.4 Å². The third kappa shape index (κ3) is 6.07. The number of halogens is 1. The van der Waals surface area contributed by atoms with Crippen LogP contribution in [0.2, 0.25) is 5.02 Å². The van der Waals surface area contributed by atoms with Crippen LogP contribution >= 0.6 is 23.4 Å². The summed E-state index contributed by atoms with van der Waals surface area (Å²) in [7, 11) is 0. The second-order valence-electron chi connectivity index (χ2n) is 7.71. The second kappa shape index (κ2) is 11.4. The molecule has 4 rings (SSSR count). The molecule has 1 fully saturated rings. The lowest BCUT2D eigenvalue weighted by Gasteiger charge is -2.15. The van der Waals surface area contributed by atoms with E-state index < -0.39 is 0 Å². The molecule has 0 saturated carbocycles. The molecule has 34 heavy (non-hydrogen) atoms. The molecule has 1 heterocycles. The Bertz CT molecular complexity index is 1170. The summed E-state index contributed by atoms with van der Waals surface area (Å²) in [6.07, 6.45) is 2.81. The largest absolute Gasteiger partial charge is 0.490 e. The number of thioether (sulfide) groups is 1. The van der Waals surface area contributed by atoms with E-state index in [9.17, 15) is 4.79 Å². The van der Waals surface area contributed by atoms with Crippen LogP contribution in [0.5, 0.6) is 11.5 Å². The van der Waals surface area contributed by atoms with Crippen molar-refractivity contribution in [3.05, 3.63) is 93.3 Å². The van der Waals surface area contributed by atoms with Gasteiger partial charge in [0.2, 0.25) is 0 Å². The molecule has 1 saturated heterocycles. The summed E-state index contributed by atoms with van der Waals surface area (Å²) < 4.78 is 11.8. The zero-order valence-corrected chi connectivity index (χ0v) is 20.7. The normalized spacial score (nSPS) is 16.4. The SMILES string of the molecule is CCOc1cc(/C=C2\S[C@@H](Nc3ccc(CC)cc3)NC2=O)cc(Cl)c1OCc1ccccc1. The third-order valence-corrected chi connectivity index (χ3v) is 6.56. The van der Waals surface area contributed by atoms with Gasteiger partial charge in [0.1, 0.15) is 6.61 Å². The Morgan fingerprint density at radius 1 is 1.03 bits per heavy atom. The van der Waals surface area contributed by atoms with Gasteiger partial charge in [-0.25, -0.2) is 0 Å². The molecule has 0 aliphatic carbocycles. The van der Waals surface area contributed by atoms with Gasteiger partial charge < -0.3 is 20.1 Å². The number of carbonyl (C=O) groups is 1. The first-order valence-corrected chi connectivity index (χ1v) is 12.5. The summed E-state index contributed by atoms with van der Waals surface area (Å²) in [5.41, 5.74) is 3.78. The second-order valence-corrected chi connectivity index (χ2v) is 9.27. The molecule has 0 unspecified atom stereocenters. The van der Waals surface area contributed by atoms with Gasteiger partial charge in [-0.2, -0.15) is 0 Å². The quantitative estimate of drug-likeness (QED) is 0.333. The summed E-state index contributed by atoms with van der Waals surface area (Å²) in [6, 6.07) is 21.7. The standard InChI is InChI=1S/C27H27ClN2O3S/c1-3-18-10-12-21(13-11-18)29-27-30-26(31)24(34-27)16-20-14-22(28)25(23(15-20)32-4-2)33-17-19-8-6-5-7-9-19/h5-16,27,29H,3-4,17H2,1-2H3,(H,30,31)/b24-16-/t27-/m0/s1. The molecule has 0 bridgehead atoms. The van der Waals surface area contributed by atoms with Crippen molar-refractivity contribution in [3.63, 3.8) is 0 Å². The van der Waals surface area contributed by atoms with Gasteiger partial charge >= 0.3 is 0 Å². The van der Waals surface area contributed by atoms with Crippen molar-refractivity contribution in [1.29, 1.82) is 0 Å². The van der Waals surface area contributed by atoms with Crippen LogP contribution in [0.1, 0.15) is 30.5 Å². The van der Waals surface area contributed by atoms with Crippen LogP contribution < -0.4 is 20.1 Å². The van der Waals surface area contributed by atoms with E-state index in [4.69, 9.17) is 21.1 Å². The highest BCUT2D eigenvalue weighted by molar-refractivity contribution is 8.05. The van der Waals surface area contributed by atoms with Crippen molar-refractivity contribution in [2.24, 2.45) is 0 Å². The Labute approximate surface area is 209 Å². The van der Waals surface area contributed by atoms with Gasteiger partial charge in [0, 0.05) is 5.69 Å². The van der Waals surface area contributed by atoms with Crippen molar-refractivity contribution in [3.8, 4) is 11.5 Å². The number of benzene rings is 3. The number of amides is 1. The van der Waals surface area contributed by atoms with Crippen LogP contribution in [-0.4, -0.2) is 18.0 Å². The first kappa shape index (κ1) is 24.0. The Hall–Kier alpha value is -3.09. The molecular formula is C27H27ClN2O3S. The average Bonchev–Trinajstić information content (AvgIpc) is 3.18. The number of rotatable bonds is 9. The van der Waals surface area contributed by atoms with E-state index in [2.05, 4.69) is 29.7 Å². The van der Waals surface area contributed by atoms with Crippen LogP contribution in [0.25, 0.3) is 6.08 Å². The average molecular weight is 495 g/mol. The predicted octanol–water partition coefficient (Wildman–Crippen LogP) is 6.48. The summed E-state index contributed by atoms with van der Waals surface area (Å²) in [5.74, 6) is 0.908. The van der Waals surface area contributed by atoms with Gasteiger partial charge in [-0.3, -0.25) is 4.79 Å². The lowest BCUT2D eigenvalue weighted by atomic mass is 10.1. The van der Waals surface area contributed by atoms with E-state index in [0.29, 0.717) is 34.6 Å². The number of anilines is 1. The molecule has 0 aromatic heterocycles. The Morgan fingerprint density at radius 2 is 1.79 bits per heavy atom. The number of hydrogen-bond acceptors (Lipinski definition) is 5. The van der Waals surface area contributed by atoms with Gasteiger partial charge in [-0.1, -0.05) is 72.8 Å². The summed E-state index contributed by atoms with van der Waals surface area (Å²) in [6.45, 7) is 4.88. The minimum atomic E-state index is -0.249. The molecule has 7 heteroatoms. The van der Waals surface area contributed by atoms with Crippen LogP contribution in [0, 0.1) is 0 Å². The zero-order valence-electron chi connectivity index (χ0n) is 19.1. The first-order chi connectivity index (χ1) is 16.6. The maximum atomic E-state index is 12.6. The van der Waals surface area contributed by atoms with Gasteiger partial charge in [0.05, 0.1) is 16.5 Å². The van der Waals surface area contributed by atoms with E-state index >= 15 is 0 Å². The topological polar surface area (TPSA) is 59.6 Å². The van der Waals surface area contributed by atoms with Gasteiger partial charge in [0.15, 0.2) is 17.0 Å². The number of carbonyl (C=O) groups excluding carboxylic acids is 1. The van der Waals surface area contributed by atoms with Crippen molar-refractivity contribution < 1.29 is 14.3 Å². The molecule has 1 aliphatic rings. The fourth-order valence-electron chi connectivity index (χ4n) is 3.51. The minimum Gasteiger partial charge on any atom is -0.490 e. The lowest BCUT2D eigenvalue weighted by molar-refractivity contribution is -0.116. The Kier molecular flexibility index (Phi) is 8.03. The van der Waals surface area contributed by atoms with E-state index in [0.717, 1.165) is 23.2 Å². The molecule has 0 radical (unpaired) electrons. The molecular weight excluding hydrogens is 468 g/mol. The van der Waals surface area contributed by atoms with E-state index in [1.54, 1.807) is 6.07 Å². The maximum absolute atomic E-state index is 12.6. The molecule has 0 spiro atoms. The molecule has 3 aromatic carbocycles. The lowest BCUT2D eigenvalue weighted by Crippen LogP contribution is -2.30. The van der Waals surface area contributed by atoms with E-state index in [1.807, 2.05) is 61.5 Å². The fourth-order valence-corrected chi connectivity index (χ4v) is 4.77. The highest BCUT2D eigenvalue weighted by Crippen LogP contribution is 2.39. The highest BCUT2D eigenvalue weighted by atomic mass is 35.5. The monoisotopic (exact) mass is 494 g/mol. The Balaban J connectivity index is 1.49. The number of hydrogen-bond donors (Lipinski definition) is 2. The number of nitrogens with one attached hydrogen (secondary N) is 2. The third-order valence-electron chi connectivity index (χ3n) is 5.25. The summed E-state index contributed by atoms with van der Waals surface area (Å²) in [5, 5.41) is 6.74. The summed E-state index contributed by atoms with van der Waals surface area (Å²) >= 11 is 7.99. The van der Waals surface area contributed by atoms with Crippen molar-refractivity contribution >= 4 is 41.0 Å². The fraction of sp³-hybridized carbons (Fsp3) is 0.222. The minimum absolute atomic E-state index is 0.133. The number of ether oxygens (including phenoxy) is 2. The van der Waals surface area contributed by atoms with E-state index in [1.165, 1.54) is 17.3 Å². The van der Waals surface area contributed by atoms with Crippen LogP contribution in [0.4, 0.5) is 5.69 Å². The first-order valence-electron chi connectivity index (χ1n) is 11.2. The van der Waals surface area contributed by atoms with E-state index in [-0.39, 0.29) is 11.4 Å².